The zero-order valence-corrected chi connectivity index (χ0v) is 27.5. The second-order valence-electron chi connectivity index (χ2n) is 12.8. The second kappa shape index (κ2) is 12.0. The van der Waals surface area contributed by atoms with Crippen molar-refractivity contribution in [3.63, 3.8) is 0 Å². The Labute approximate surface area is 303 Å². The summed E-state index contributed by atoms with van der Waals surface area (Å²) < 4.78 is 48.2. The zero-order valence-electron chi connectivity index (χ0n) is 32.5. The molecule has 9 aromatic carbocycles. The normalized spacial score (nSPS) is 12.9. The van der Waals surface area contributed by atoms with Gasteiger partial charge in [-0.3, -0.25) is 0 Å². The summed E-state index contributed by atoms with van der Waals surface area (Å²) in [5.41, 5.74) is 11.1. The molecule has 0 radical (unpaired) electrons. The predicted molar refractivity (Wildman–Crippen MR) is 216 cm³/mol. The van der Waals surface area contributed by atoms with E-state index in [0.29, 0.717) is 16.7 Å². The van der Waals surface area contributed by atoms with E-state index in [9.17, 15) is 0 Å². The molecule has 0 unspecified atom stereocenters. The number of hydrogen-bond acceptors (Lipinski definition) is 1. The molecular formula is C50H32O. The average molecular weight is 654 g/mol. The van der Waals surface area contributed by atoms with Crippen LogP contribution in [0, 0.1) is 0 Å². The van der Waals surface area contributed by atoms with Crippen molar-refractivity contribution in [2.45, 2.75) is 0 Å². The number of rotatable bonds is 5. The van der Waals surface area contributed by atoms with Gasteiger partial charge in [0.25, 0.3) is 0 Å². The fourth-order valence-electron chi connectivity index (χ4n) is 7.74. The minimum Gasteiger partial charge on any atom is -0.456 e. The summed E-state index contributed by atoms with van der Waals surface area (Å²) in [7, 11) is 0. The molecule has 51 heavy (non-hydrogen) atoms. The predicted octanol–water partition coefficient (Wildman–Crippen LogP) is 14.2. The SMILES string of the molecule is [2H]c1c([2H])c([2H])c(-c2ccc3c(c2)oc2cccc(-c4c5ccccc5c(-c5ccc(-c6ccccc6)c(-c6ccccc6)c5)c5ccccc45)c23)c([2H])c1[2H]. The van der Waals surface area contributed by atoms with E-state index in [4.69, 9.17) is 11.3 Å². The van der Waals surface area contributed by atoms with Gasteiger partial charge in [0.1, 0.15) is 11.2 Å². The van der Waals surface area contributed by atoms with Crippen molar-refractivity contribution in [3.8, 4) is 55.6 Å². The average Bonchev–Trinajstić information content (AvgIpc) is 3.63. The van der Waals surface area contributed by atoms with Gasteiger partial charge in [0.15, 0.2) is 0 Å². The molecule has 1 heteroatoms. The van der Waals surface area contributed by atoms with Gasteiger partial charge in [0.05, 0.1) is 6.85 Å². The first-order valence-electron chi connectivity index (χ1n) is 19.6. The Morgan fingerprint density at radius 2 is 0.922 bits per heavy atom. The molecule has 0 aliphatic heterocycles. The van der Waals surface area contributed by atoms with Crippen molar-refractivity contribution < 1.29 is 11.3 Å². The highest BCUT2D eigenvalue weighted by atomic mass is 16.3. The molecule has 1 aromatic heterocycles. The maximum Gasteiger partial charge on any atom is 0.136 e. The zero-order chi connectivity index (χ0) is 38.1. The van der Waals surface area contributed by atoms with E-state index < -0.39 is 6.04 Å². The standard InChI is InChI=1S/C50H32O/c1-4-15-33(16-5-1)36-27-30-43-47(32-36)51-46-26-14-25-44(50(43)46)49-41-23-12-10-21-39(41)48(40-22-11-13-24-42(40)49)37-28-29-38(34-17-6-2-7-18-34)45(31-37)35-19-8-3-9-20-35/h1-32H/i1D,4D,5D,15D,16D. The van der Waals surface area contributed by atoms with Crippen LogP contribution in [0.1, 0.15) is 6.85 Å². The maximum absolute atomic E-state index is 8.57. The van der Waals surface area contributed by atoms with Gasteiger partial charge in [-0.2, -0.15) is 0 Å². The molecule has 0 saturated heterocycles. The molecule has 10 aromatic rings. The molecule has 0 bridgehead atoms. The number of hydrogen-bond donors (Lipinski definition) is 0. The van der Waals surface area contributed by atoms with Crippen LogP contribution in [0.25, 0.3) is 99.1 Å². The van der Waals surface area contributed by atoms with Crippen molar-refractivity contribution >= 4 is 43.5 Å². The third kappa shape index (κ3) is 4.86. The molecular weight excluding hydrogens is 617 g/mol. The van der Waals surface area contributed by atoms with Crippen LogP contribution in [-0.2, 0) is 0 Å². The van der Waals surface area contributed by atoms with Crippen LogP contribution in [0.4, 0.5) is 0 Å². The first kappa shape index (κ1) is 24.4. The first-order chi connectivity index (χ1) is 27.4. The van der Waals surface area contributed by atoms with Crippen LogP contribution in [0.2, 0.25) is 0 Å². The molecule has 1 nitrogen and oxygen atoms in total. The van der Waals surface area contributed by atoms with Crippen molar-refractivity contribution in [2.24, 2.45) is 0 Å². The maximum atomic E-state index is 8.57. The minimum atomic E-state index is -0.412. The fourth-order valence-corrected chi connectivity index (χ4v) is 7.74. The van der Waals surface area contributed by atoms with E-state index in [2.05, 4.69) is 133 Å². The molecule has 0 amide bonds. The first-order valence-corrected chi connectivity index (χ1v) is 17.1. The molecule has 0 saturated carbocycles. The van der Waals surface area contributed by atoms with Crippen molar-refractivity contribution in [1.82, 2.24) is 0 Å². The summed E-state index contributed by atoms with van der Waals surface area (Å²) in [5, 5.41) is 6.35. The Bertz CT molecular complexity index is 3100. The molecule has 0 spiro atoms. The lowest BCUT2D eigenvalue weighted by atomic mass is 9.83. The van der Waals surface area contributed by atoms with E-state index >= 15 is 0 Å². The summed E-state index contributed by atoms with van der Waals surface area (Å²) in [6, 6.07) is 55.3. The molecule has 0 aliphatic rings. The topological polar surface area (TPSA) is 13.1 Å². The van der Waals surface area contributed by atoms with E-state index in [0.717, 1.165) is 54.6 Å². The van der Waals surface area contributed by atoms with Crippen molar-refractivity contribution in [3.05, 3.63) is 194 Å². The van der Waals surface area contributed by atoms with Crippen LogP contribution in [-0.4, -0.2) is 0 Å². The summed E-state index contributed by atoms with van der Waals surface area (Å²) in [5.74, 6) is 0. The third-order valence-corrected chi connectivity index (χ3v) is 9.96. The largest absolute Gasteiger partial charge is 0.456 e. The molecule has 1 heterocycles. The lowest BCUT2D eigenvalue weighted by molar-refractivity contribution is 0.669. The van der Waals surface area contributed by atoms with Crippen LogP contribution >= 0.6 is 0 Å². The van der Waals surface area contributed by atoms with Crippen molar-refractivity contribution in [2.75, 3.05) is 0 Å². The Morgan fingerprint density at radius 3 is 1.59 bits per heavy atom. The van der Waals surface area contributed by atoms with Crippen LogP contribution in [0.15, 0.2) is 198 Å². The Kier molecular flexibility index (Phi) is 5.76. The van der Waals surface area contributed by atoms with Gasteiger partial charge in [0.2, 0.25) is 0 Å². The third-order valence-electron chi connectivity index (χ3n) is 9.96. The Balaban J connectivity index is 1.22. The van der Waals surface area contributed by atoms with Gasteiger partial charge in [-0.1, -0.05) is 170 Å². The van der Waals surface area contributed by atoms with Crippen molar-refractivity contribution in [1.29, 1.82) is 0 Å². The van der Waals surface area contributed by atoms with Crippen LogP contribution in [0.3, 0.4) is 0 Å². The smallest absolute Gasteiger partial charge is 0.136 e. The van der Waals surface area contributed by atoms with E-state index in [-0.39, 0.29) is 29.7 Å². The van der Waals surface area contributed by atoms with E-state index in [1.165, 1.54) is 22.3 Å². The summed E-state index contributed by atoms with van der Waals surface area (Å²) in [4.78, 5) is 0. The van der Waals surface area contributed by atoms with Gasteiger partial charge in [0, 0.05) is 10.8 Å². The highest BCUT2D eigenvalue weighted by Crippen LogP contribution is 2.48. The minimum absolute atomic E-state index is 0.151. The Hall–Kier alpha value is -6.70. The molecule has 0 atom stereocenters. The number of furan rings is 1. The van der Waals surface area contributed by atoms with Crippen LogP contribution in [0.5, 0.6) is 0 Å². The van der Waals surface area contributed by atoms with Gasteiger partial charge in [-0.15, -0.1) is 0 Å². The number of benzene rings is 9. The Morgan fingerprint density at radius 1 is 0.333 bits per heavy atom. The quantitative estimate of drug-likeness (QED) is 0.169. The lowest BCUT2D eigenvalue weighted by Crippen LogP contribution is -1.93. The van der Waals surface area contributed by atoms with Gasteiger partial charge < -0.3 is 4.42 Å². The highest BCUT2D eigenvalue weighted by Gasteiger charge is 2.21. The molecule has 0 aliphatic carbocycles. The number of fused-ring (bicyclic) bond motifs is 5. The van der Waals surface area contributed by atoms with Crippen LogP contribution < -0.4 is 0 Å². The monoisotopic (exact) mass is 653 g/mol. The molecule has 0 fully saturated rings. The fraction of sp³-hybridized carbons (Fsp3) is 0. The van der Waals surface area contributed by atoms with E-state index in [1.807, 2.05) is 24.3 Å². The lowest BCUT2D eigenvalue weighted by Gasteiger charge is -2.19. The summed E-state index contributed by atoms with van der Waals surface area (Å²) >= 11 is 0. The molecule has 0 N–H and O–H groups in total. The van der Waals surface area contributed by atoms with Gasteiger partial charge in [-0.25, -0.2) is 0 Å². The summed E-state index contributed by atoms with van der Waals surface area (Å²) in [6.07, 6.45) is 0. The molecule has 10 rings (SSSR count). The second-order valence-corrected chi connectivity index (χ2v) is 12.8. The molecule has 238 valence electrons. The van der Waals surface area contributed by atoms with Gasteiger partial charge in [-0.05, 0) is 101 Å². The van der Waals surface area contributed by atoms with E-state index in [1.54, 1.807) is 6.07 Å². The summed E-state index contributed by atoms with van der Waals surface area (Å²) in [6.45, 7) is 0. The van der Waals surface area contributed by atoms with Gasteiger partial charge >= 0.3 is 0 Å². The highest BCUT2D eigenvalue weighted by molar-refractivity contribution is 6.25.